The third kappa shape index (κ3) is 3.24. The van der Waals surface area contributed by atoms with Crippen molar-refractivity contribution in [2.75, 3.05) is 0 Å². The van der Waals surface area contributed by atoms with Gasteiger partial charge in [-0.3, -0.25) is 4.79 Å². The van der Waals surface area contributed by atoms with Gasteiger partial charge in [0.15, 0.2) is 0 Å². The molecule has 4 heteroatoms. The van der Waals surface area contributed by atoms with Gasteiger partial charge in [-0.15, -0.1) is 0 Å². The van der Waals surface area contributed by atoms with Crippen molar-refractivity contribution in [1.82, 2.24) is 5.32 Å². The van der Waals surface area contributed by atoms with Crippen LogP contribution in [0.2, 0.25) is 0 Å². The minimum atomic E-state index is -2.94. The van der Waals surface area contributed by atoms with Crippen molar-refractivity contribution in [3.05, 3.63) is 0 Å². The molecule has 0 bridgehead atoms. The van der Waals surface area contributed by atoms with E-state index in [-0.39, 0.29) is 5.91 Å². The zero-order chi connectivity index (χ0) is 11.8. The Balaban J connectivity index is 4.62. The number of alkyl halides is 2. The summed E-state index contributed by atoms with van der Waals surface area (Å²) in [5.74, 6) is -3.31. The van der Waals surface area contributed by atoms with Crippen LogP contribution in [-0.4, -0.2) is 17.4 Å². The first-order valence-corrected chi connectivity index (χ1v) is 4.58. The molecule has 0 aromatic carbocycles. The van der Waals surface area contributed by atoms with Crippen molar-refractivity contribution in [2.24, 2.45) is 5.41 Å². The van der Waals surface area contributed by atoms with Gasteiger partial charge in [-0.2, -0.15) is 0 Å². The molecule has 1 N–H and O–H groups in total. The van der Waals surface area contributed by atoms with E-state index in [1.165, 1.54) is 13.8 Å². The van der Waals surface area contributed by atoms with Crippen LogP contribution < -0.4 is 5.32 Å². The Hall–Kier alpha value is -0.670. The number of hydrogen-bond acceptors (Lipinski definition) is 1. The molecule has 0 spiro atoms. The molecule has 0 fully saturated rings. The van der Waals surface area contributed by atoms with Crippen LogP contribution >= 0.6 is 0 Å². The molecule has 0 aromatic heterocycles. The summed E-state index contributed by atoms with van der Waals surface area (Å²) in [5, 5.41) is 2.35. The molecular formula is C10H19F2NO. The highest BCUT2D eigenvalue weighted by Gasteiger charge is 2.44. The molecule has 0 atom stereocenters. The Labute approximate surface area is 84.1 Å². The minimum absolute atomic E-state index is 0.371. The van der Waals surface area contributed by atoms with Crippen molar-refractivity contribution >= 4 is 5.91 Å². The van der Waals surface area contributed by atoms with Crippen LogP contribution in [0.25, 0.3) is 0 Å². The summed E-state index contributed by atoms with van der Waals surface area (Å²) >= 11 is 0. The summed E-state index contributed by atoms with van der Waals surface area (Å²) < 4.78 is 26.1. The fourth-order valence-electron chi connectivity index (χ4n) is 0.581. The summed E-state index contributed by atoms with van der Waals surface area (Å²) in [6, 6.07) is 0. The van der Waals surface area contributed by atoms with Gasteiger partial charge in [0.2, 0.25) is 5.91 Å². The van der Waals surface area contributed by atoms with E-state index in [1.807, 2.05) is 0 Å². The van der Waals surface area contributed by atoms with E-state index in [4.69, 9.17) is 0 Å². The second-order valence-electron chi connectivity index (χ2n) is 5.22. The molecule has 0 aromatic rings. The minimum Gasteiger partial charge on any atom is -0.345 e. The molecule has 14 heavy (non-hydrogen) atoms. The predicted octanol–water partition coefficient (Wildman–Crippen LogP) is 2.58. The SMILES string of the molecule is CC(C)(C)C(=O)NC(C)(C)C(C)(F)F. The molecular weight excluding hydrogens is 188 g/mol. The highest BCUT2D eigenvalue weighted by atomic mass is 19.3. The van der Waals surface area contributed by atoms with Crippen LogP contribution in [0.4, 0.5) is 8.78 Å². The van der Waals surface area contributed by atoms with E-state index >= 15 is 0 Å². The maximum Gasteiger partial charge on any atom is 0.267 e. The molecule has 0 aliphatic heterocycles. The normalized spacial score (nSPS) is 14.0. The maximum atomic E-state index is 13.0. The molecule has 0 unspecified atom stereocenters. The lowest BCUT2D eigenvalue weighted by atomic mass is 9.91. The summed E-state index contributed by atoms with van der Waals surface area (Å²) in [6.45, 7) is 8.49. The molecule has 84 valence electrons. The van der Waals surface area contributed by atoms with Gasteiger partial charge in [0.1, 0.15) is 0 Å². The highest BCUT2D eigenvalue weighted by Crippen LogP contribution is 2.28. The van der Waals surface area contributed by atoms with Crippen LogP contribution in [0.5, 0.6) is 0 Å². The molecule has 0 saturated carbocycles. The van der Waals surface area contributed by atoms with E-state index in [1.54, 1.807) is 20.8 Å². The average molecular weight is 207 g/mol. The molecule has 0 saturated heterocycles. The Kier molecular flexibility index (Phi) is 3.31. The van der Waals surface area contributed by atoms with Gasteiger partial charge in [0.05, 0.1) is 5.54 Å². The summed E-state index contributed by atoms with van der Waals surface area (Å²) in [5.41, 5.74) is -2.17. The maximum absolute atomic E-state index is 13.0. The first-order valence-electron chi connectivity index (χ1n) is 4.58. The lowest BCUT2D eigenvalue weighted by molar-refractivity contribution is -0.136. The van der Waals surface area contributed by atoms with E-state index in [2.05, 4.69) is 5.32 Å². The number of amides is 1. The van der Waals surface area contributed by atoms with Crippen molar-refractivity contribution in [3.63, 3.8) is 0 Å². The predicted molar refractivity (Wildman–Crippen MR) is 52.3 cm³/mol. The van der Waals surface area contributed by atoms with Gasteiger partial charge in [0, 0.05) is 12.3 Å². The molecule has 2 nitrogen and oxygen atoms in total. The molecule has 0 rings (SSSR count). The van der Waals surface area contributed by atoms with Crippen molar-refractivity contribution in [1.29, 1.82) is 0 Å². The van der Waals surface area contributed by atoms with Gasteiger partial charge in [-0.25, -0.2) is 8.78 Å². The van der Waals surface area contributed by atoms with E-state index < -0.39 is 16.9 Å². The van der Waals surface area contributed by atoms with Gasteiger partial charge in [0.25, 0.3) is 5.92 Å². The van der Waals surface area contributed by atoms with Crippen molar-refractivity contribution in [2.45, 2.75) is 53.0 Å². The number of carbonyl (C=O) groups excluding carboxylic acids is 1. The third-order valence-corrected chi connectivity index (χ3v) is 2.20. The summed E-state index contributed by atoms with van der Waals surface area (Å²) in [6.07, 6.45) is 0. The topological polar surface area (TPSA) is 29.1 Å². The first kappa shape index (κ1) is 13.3. The van der Waals surface area contributed by atoms with E-state index in [0.717, 1.165) is 6.92 Å². The Morgan fingerprint density at radius 1 is 1.00 bits per heavy atom. The zero-order valence-corrected chi connectivity index (χ0v) is 9.66. The Morgan fingerprint density at radius 3 is 1.57 bits per heavy atom. The molecule has 1 amide bonds. The Morgan fingerprint density at radius 2 is 1.36 bits per heavy atom. The molecule has 0 heterocycles. The van der Waals surface area contributed by atoms with Gasteiger partial charge < -0.3 is 5.32 Å². The van der Waals surface area contributed by atoms with E-state index in [9.17, 15) is 13.6 Å². The van der Waals surface area contributed by atoms with Crippen LogP contribution in [0.3, 0.4) is 0 Å². The summed E-state index contributed by atoms with van der Waals surface area (Å²) in [4.78, 5) is 11.5. The van der Waals surface area contributed by atoms with Crippen LogP contribution in [0, 0.1) is 5.41 Å². The largest absolute Gasteiger partial charge is 0.345 e. The second kappa shape index (κ2) is 3.48. The smallest absolute Gasteiger partial charge is 0.267 e. The number of carbonyl (C=O) groups is 1. The third-order valence-electron chi connectivity index (χ3n) is 2.20. The average Bonchev–Trinajstić information content (AvgIpc) is 1.80. The number of nitrogens with one attached hydrogen (secondary N) is 1. The van der Waals surface area contributed by atoms with Gasteiger partial charge in [-0.05, 0) is 13.8 Å². The van der Waals surface area contributed by atoms with Crippen LogP contribution in [-0.2, 0) is 4.79 Å². The number of halogens is 2. The fraction of sp³-hybridized carbons (Fsp3) is 0.900. The number of hydrogen-bond donors (Lipinski definition) is 1. The standard InChI is InChI=1S/C10H19F2NO/c1-8(2,3)7(14)13-9(4,5)10(6,11)12/h1-6H3,(H,13,14). The molecule has 0 radical (unpaired) electrons. The number of rotatable bonds is 2. The molecule has 0 aliphatic carbocycles. The highest BCUT2D eigenvalue weighted by molar-refractivity contribution is 5.82. The van der Waals surface area contributed by atoms with Gasteiger partial charge in [-0.1, -0.05) is 20.8 Å². The molecule has 0 aliphatic rings. The van der Waals surface area contributed by atoms with Crippen molar-refractivity contribution in [3.8, 4) is 0 Å². The first-order chi connectivity index (χ1) is 5.88. The monoisotopic (exact) mass is 207 g/mol. The van der Waals surface area contributed by atoms with Gasteiger partial charge >= 0.3 is 0 Å². The van der Waals surface area contributed by atoms with Crippen LogP contribution in [0.1, 0.15) is 41.5 Å². The lowest BCUT2D eigenvalue weighted by Gasteiger charge is -2.34. The quantitative estimate of drug-likeness (QED) is 0.740. The van der Waals surface area contributed by atoms with Crippen molar-refractivity contribution < 1.29 is 13.6 Å². The Bertz CT molecular complexity index is 223. The second-order valence-corrected chi connectivity index (χ2v) is 5.22. The fourth-order valence-corrected chi connectivity index (χ4v) is 0.581. The van der Waals surface area contributed by atoms with E-state index in [0.29, 0.717) is 0 Å². The lowest BCUT2D eigenvalue weighted by Crippen LogP contribution is -2.57. The summed E-state index contributed by atoms with van der Waals surface area (Å²) in [7, 11) is 0. The van der Waals surface area contributed by atoms with Crippen LogP contribution in [0.15, 0.2) is 0 Å². The zero-order valence-electron chi connectivity index (χ0n) is 9.66.